The van der Waals surface area contributed by atoms with Gasteiger partial charge in [-0.3, -0.25) is 4.79 Å². The minimum Gasteiger partial charge on any atom is -0.345 e. The molecule has 0 spiro atoms. The van der Waals surface area contributed by atoms with E-state index in [-0.39, 0.29) is 11.9 Å². The Bertz CT molecular complexity index is 1380. The van der Waals surface area contributed by atoms with Crippen LogP contribution >= 0.6 is 11.3 Å². The number of nitrogens with zero attached hydrogens (tertiary/aromatic N) is 1. The Morgan fingerprint density at radius 3 is 2.39 bits per heavy atom. The number of hydrogen-bond acceptors (Lipinski definition) is 3. The summed E-state index contributed by atoms with van der Waals surface area (Å²) in [5, 5.41) is 6.22. The van der Waals surface area contributed by atoms with Gasteiger partial charge < -0.3 is 5.32 Å². The van der Waals surface area contributed by atoms with Gasteiger partial charge in [-0.2, -0.15) is 0 Å². The number of aromatic nitrogens is 1. The van der Waals surface area contributed by atoms with Crippen molar-refractivity contribution in [2.24, 2.45) is 0 Å². The highest BCUT2D eigenvalue weighted by atomic mass is 32.1. The molecule has 0 aliphatic rings. The van der Waals surface area contributed by atoms with Crippen LogP contribution in [0.5, 0.6) is 0 Å². The Morgan fingerprint density at radius 2 is 1.67 bits per heavy atom. The van der Waals surface area contributed by atoms with E-state index < -0.39 is 0 Å². The van der Waals surface area contributed by atoms with Crippen molar-refractivity contribution in [1.29, 1.82) is 0 Å². The van der Waals surface area contributed by atoms with E-state index in [1.807, 2.05) is 85.1 Å². The second kappa shape index (κ2) is 9.39. The van der Waals surface area contributed by atoms with Crippen LogP contribution in [-0.2, 0) is 6.42 Å². The standard InChI is InChI=1S/C29H24N2OS/c1-20-14-15-25-23(17-20)24(19-27(30-25)28-13-8-16-33-28)29(32)31-26(22-11-6-3-7-12-22)18-21-9-4-2-5-10-21/h2-17,19,26H,18H2,1H3,(H,31,32). The SMILES string of the molecule is Cc1ccc2nc(-c3cccs3)cc(C(=O)NC(Cc3ccccc3)c3ccccc3)c2c1. The normalized spacial score (nSPS) is 11.9. The van der Waals surface area contributed by atoms with E-state index in [0.29, 0.717) is 5.56 Å². The third kappa shape index (κ3) is 4.71. The molecule has 0 fully saturated rings. The van der Waals surface area contributed by atoms with Gasteiger partial charge in [-0.05, 0) is 54.1 Å². The molecule has 5 rings (SSSR count). The van der Waals surface area contributed by atoms with Gasteiger partial charge in [0.1, 0.15) is 0 Å². The summed E-state index contributed by atoms with van der Waals surface area (Å²) in [6, 6.07) is 32.4. The predicted octanol–water partition coefficient (Wildman–Crippen LogP) is 6.99. The van der Waals surface area contributed by atoms with Gasteiger partial charge in [-0.25, -0.2) is 4.98 Å². The molecule has 0 bridgehead atoms. The first-order valence-corrected chi connectivity index (χ1v) is 11.9. The molecule has 0 aliphatic carbocycles. The molecule has 0 saturated heterocycles. The van der Waals surface area contributed by atoms with Crippen molar-refractivity contribution >= 4 is 28.1 Å². The van der Waals surface area contributed by atoms with Crippen molar-refractivity contribution in [3.63, 3.8) is 0 Å². The smallest absolute Gasteiger partial charge is 0.252 e. The van der Waals surface area contributed by atoms with Gasteiger partial charge in [-0.1, -0.05) is 78.4 Å². The van der Waals surface area contributed by atoms with Crippen LogP contribution in [0.15, 0.2) is 102 Å². The molecule has 5 aromatic rings. The summed E-state index contributed by atoms with van der Waals surface area (Å²) >= 11 is 1.63. The van der Waals surface area contributed by atoms with Crippen molar-refractivity contribution in [2.45, 2.75) is 19.4 Å². The van der Waals surface area contributed by atoms with Crippen molar-refractivity contribution < 1.29 is 4.79 Å². The van der Waals surface area contributed by atoms with E-state index in [2.05, 4.69) is 29.6 Å². The first-order chi connectivity index (χ1) is 16.2. The molecule has 1 N–H and O–H groups in total. The predicted molar refractivity (Wildman–Crippen MR) is 137 cm³/mol. The fraction of sp³-hybridized carbons (Fsp3) is 0.103. The van der Waals surface area contributed by atoms with Gasteiger partial charge in [-0.15, -0.1) is 11.3 Å². The van der Waals surface area contributed by atoms with Crippen LogP contribution in [0, 0.1) is 6.92 Å². The highest BCUT2D eigenvalue weighted by Crippen LogP contribution is 2.29. The number of hydrogen-bond donors (Lipinski definition) is 1. The molecule has 3 nitrogen and oxygen atoms in total. The van der Waals surface area contributed by atoms with Crippen LogP contribution < -0.4 is 5.32 Å². The van der Waals surface area contributed by atoms with Crippen molar-refractivity contribution in [3.8, 4) is 10.6 Å². The third-order valence-corrected chi connectivity index (χ3v) is 6.66. The molecule has 2 aromatic heterocycles. The van der Waals surface area contributed by atoms with Crippen LogP contribution in [0.25, 0.3) is 21.5 Å². The third-order valence-electron chi connectivity index (χ3n) is 5.77. The van der Waals surface area contributed by atoms with Gasteiger partial charge in [0.25, 0.3) is 5.91 Å². The maximum Gasteiger partial charge on any atom is 0.252 e. The minimum absolute atomic E-state index is 0.0874. The Hall–Kier alpha value is -3.76. The molecule has 0 aliphatic heterocycles. The molecule has 1 amide bonds. The van der Waals surface area contributed by atoms with E-state index in [1.165, 1.54) is 5.56 Å². The molecular formula is C29H24N2OS. The lowest BCUT2D eigenvalue weighted by Crippen LogP contribution is -2.30. The van der Waals surface area contributed by atoms with Gasteiger partial charge >= 0.3 is 0 Å². The van der Waals surface area contributed by atoms with Crippen LogP contribution in [0.2, 0.25) is 0 Å². The number of aryl methyl sites for hydroxylation is 1. The zero-order valence-corrected chi connectivity index (χ0v) is 19.2. The molecule has 33 heavy (non-hydrogen) atoms. The average Bonchev–Trinajstić information content (AvgIpc) is 3.39. The lowest BCUT2D eigenvalue weighted by atomic mass is 9.97. The van der Waals surface area contributed by atoms with Gasteiger partial charge in [0, 0.05) is 5.39 Å². The maximum absolute atomic E-state index is 13.7. The Morgan fingerprint density at radius 1 is 0.909 bits per heavy atom. The number of benzene rings is 3. The van der Waals surface area contributed by atoms with Crippen LogP contribution in [0.4, 0.5) is 0 Å². The summed E-state index contributed by atoms with van der Waals surface area (Å²) in [7, 11) is 0. The molecule has 2 heterocycles. The minimum atomic E-state index is -0.140. The highest BCUT2D eigenvalue weighted by Gasteiger charge is 2.20. The fourth-order valence-corrected chi connectivity index (χ4v) is 4.79. The highest BCUT2D eigenvalue weighted by molar-refractivity contribution is 7.13. The summed E-state index contributed by atoms with van der Waals surface area (Å²) in [5.41, 5.74) is 5.68. The number of thiophene rings is 1. The monoisotopic (exact) mass is 448 g/mol. The van der Waals surface area contributed by atoms with Gasteiger partial charge in [0.05, 0.1) is 27.7 Å². The van der Waals surface area contributed by atoms with Crippen LogP contribution in [-0.4, -0.2) is 10.9 Å². The first-order valence-electron chi connectivity index (χ1n) is 11.0. The van der Waals surface area contributed by atoms with Gasteiger partial charge in [0.15, 0.2) is 0 Å². The Labute approximate surface area is 197 Å². The summed E-state index contributed by atoms with van der Waals surface area (Å²) < 4.78 is 0. The zero-order valence-electron chi connectivity index (χ0n) is 18.4. The first kappa shape index (κ1) is 21.1. The number of fused-ring (bicyclic) bond motifs is 1. The number of amides is 1. The number of pyridine rings is 1. The van der Waals surface area contributed by atoms with E-state index in [1.54, 1.807) is 11.3 Å². The zero-order chi connectivity index (χ0) is 22.6. The number of rotatable bonds is 6. The summed E-state index contributed by atoms with van der Waals surface area (Å²) in [6.07, 6.45) is 0.719. The molecule has 0 saturated carbocycles. The maximum atomic E-state index is 13.7. The van der Waals surface area contributed by atoms with E-state index in [4.69, 9.17) is 4.98 Å². The van der Waals surface area contributed by atoms with E-state index in [9.17, 15) is 4.79 Å². The van der Waals surface area contributed by atoms with E-state index >= 15 is 0 Å². The van der Waals surface area contributed by atoms with Crippen LogP contribution in [0.1, 0.15) is 33.1 Å². The molecular weight excluding hydrogens is 424 g/mol. The van der Waals surface area contributed by atoms with Crippen molar-refractivity contribution in [2.75, 3.05) is 0 Å². The Kier molecular flexibility index (Phi) is 6.01. The van der Waals surface area contributed by atoms with Crippen molar-refractivity contribution in [3.05, 3.63) is 125 Å². The summed E-state index contributed by atoms with van der Waals surface area (Å²) in [6.45, 7) is 2.04. The molecule has 3 aromatic carbocycles. The second-order valence-corrected chi connectivity index (χ2v) is 9.13. The Balaban J connectivity index is 1.55. The topological polar surface area (TPSA) is 42.0 Å². The van der Waals surface area contributed by atoms with Crippen LogP contribution in [0.3, 0.4) is 0 Å². The summed E-state index contributed by atoms with van der Waals surface area (Å²) in [5.74, 6) is -0.0874. The number of carbonyl (C=O) groups excluding carboxylic acids is 1. The lowest BCUT2D eigenvalue weighted by Gasteiger charge is -2.20. The van der Waals surface area contributed by atoms with E-state index in [0.717, 1.165) is 39.0 Å². The largest absolute Gasteiger partial charge is 0.345 e. The lowest BCUT2D eigenvalue weighted by molar-refractivity contribution is 0.0938. The molecule has 162 valence electrons. The molecule has 1 unspecified atom stereocenters. The van der Waals surface area contributed by atoms with Gasteiger partial charge in [0.2, 0.25) is 0 Å². The quantitative estimate of drug-likeness (QED) is 0.304. The average molecular weight is 449 g/mol. The van der Waals surface area contributed by atoms with Crippen molar-refractivity contribution in [1.82, 2.24) is 10.3 Å². The molecule has 0 radical (unpaired) electrons. The fourth-order valence-electron chi connectivity index (χ4n) is 4.10. The molecule has 4 heteroatoms. The number of nitrogens with one attached hydrogen (secondary N) is 1. The number of carbonyl (C=O) groups is 1. The summed E-state index contributed by atoms with van der Waals surface area (Å²) in [4.78, 5) is 19.6. The second-order valence-electron chi connectivity index (χ2n) is 8.18. The molecule has 1 atom stereocenters.